The molecule has 108 valence electrons. The van der Waals surface area contributed by atoms with E-state index < -0.39 is 0 Å². The minimum atomic E-state index is 0. The van der Waals surface area contributed by atoms with E-state index in [1.165, 1.54) is 11.1 Å². The van der Waals surface area contributed by atoms with Gasteiger partial charge in [-0.1, -0.05) is 12.1 Å². The van der Waals surface area contributed by atoms with Gasteiger partial charge in [-0.2, -0.15) is 0 Å². The van der Waals surface area contributed by atoms with Gasteiger partial charge in [0, 0.05) is 25.5 Å². The van der Waals surface area contributed by atoms with Crippen molar-refractivity contribution in [3.05, 3.63) is 59.9 Å². The Morgan fingerprint density at radius 1 is 0.950 bits per heavy atom. The van der Waals surface area contributed by atoms with E-state index in [1.54, 1.807) is 12.4 Å². The van der Waals surface area contributed by atoms with E-state index in [0.717, 1.165) is 18.8 Å². The van der Waals surface area contributed by atoms with Crippen LogP contribution < -0.4 is 10.1 Å². The van der Waals surface area contributed by atoms with Crippen molar-refractivity contribution in [3.8, 4) is 5.75 Å². The lowest BCUT2D eigenvalue weighted by Gasteiger charge is -2.07. The van der Waals surface area contributed by atoms with Crippen LogP contribution in [0.3, 0.4) is 0 Å². The maximum atomic E-state index is 8.67. The zero-order valence-electron chi connectivity index (χ0n) is 11.2. The fourth-order valence-corrected chi connectivity index (χ4v) is 1.72. The lowest BCUT2D eigenvalue weighted by molar-refractivity contribution is 0.201. The maximum Gasteiger partial charge on any atom is 0.119 e. The van der Waals surface area contributed by atoms with E-state index in [0.29, 0.717) is 6.61 Å². The molecule has 0 aliphatic carbocycles. The summed E-state index contributed by atoms with van der Waals surface area (Å²) in [6, 6.07) is 11.9. The number of benzene rings is 1. The number of ether oxygens (including phenoxy) is 1. The number of aliphatic hydroxyl groups is 1. The van der Waals surface area contributed by atoms with Crippen LogP contribution in [0.4, 0.5) is 0 Å². The average molecular weight is 295 g/mol. The summed E-state index contributed by atoms with van der Waals surface area (Å²) in [4.78, 5) is 3.99. The van der Waals surface area contributed by atoms with Crippen LogP contribution in [0.25, 0.3) is 0 Å². The van der Waals surface area contributed by atoms with Gasteiger partial charge in [0.2, 0.25) is 0 Å². The Morgan fingerprint density at radius 3 is 2.15 bits per heavy atom. The first-order valence-corrected chi connectivity index (χ1v) is 6.31. The second-order valence-corrected chi connectivity index (χ2v) is 4.18. The zero-order valence-corrected chi connectivity index (χ0v) is 12.0. The zero-order chi connectivity index (χ0) is 13.3. The number of nitrogens with zero attached hydrogens (tertiary/aromatic N) is 1. The van der Waals surface area contributed by atoms with E-state index in [-0.39, 0.29) is 19.0 Å². The van der Waals surface area contributed by atoms with Crippen molar-refractivity contribution >= 4 is 12.4 Å². The van der Waals surface area contributed by atoms with Crippen molar-refractivity contribution in [3.63, 3.8) is 0 Å². The fraction of sp³-hybridized carbons (Fsp3) is 0.267. The van der Waals surface area contributed by atoms with Crippen LogP contribution in [0, 0.1) is 0 Å². The number of pyridine rings is 1. The van der Waals surface area contributed by atoms with Crippen LogP contribution in [-0.4, -0.2) is 23.3 Å². The molecule has 4 nitrogen and oxygen atoms in total. The van der Waals surface area contributed by atoms with Gasteiger partial charge in [0.15, 0.2) is 0 Å². The van der Waals surface area contributed by atoms with Gasteiger partial charge in [0.1, 0.15) is 12.4 Å². The summed E-state index contributed by atoms with van der Waals surface area (Å²) in [5.74, 6) is 0.784. The number of hydrogen-bond donors (Lipinski definition) is 2. The Labute approximate surface area is 125 Å². The van der Waals surface area contributed by atoms with Crippen molar-refractivity contribution < 1.29 is 9.84 Å². The van der Waals surface area contributed by atoms with Crippen LogP contribution in [-0.2, 0) is 13.1 Å². The summed E-state index contributed by atoms with van der Waals surface area (Å²) in [5, 5.41) is 12.0. The molecule has 0 bridgehead atoms. The molecule has 1 heterocycles. The standard InChI is InChI=1S/C15H18N2O2.ClH/c18-9-10-19-15-3-1-13(2-4-15)11-17-12-14-5-7-16-8-6-14;/h1-8,17-18H,9-12H2;1H. The first-order valence-electron chi connectivity index (χ1n) is 6.31. The van der Waals surface area contributed by atoms with Gasteiger partial charge in [-0.25, -0.2) is 0 Å². The van der Waals surface area contributed by atoms with E-state index in [1.807, 2.05) is 36.4 Å². The molecule has 0 unspecified atom stereocenters. The first kappa shape index (κ1) is 16.4. The molecular weight excluding hydrogens is 276 g/mol. The predicted octanol–water partition coefficient (Wildman–Crippen LogP) is 2.16. The summed E-state index contributed by atoms with van der Waals surface area (Å²) in [6.45, 7) is 2.00. The highest BCUT2D eigenvalue weighted by Crippen LogP contribution is 2.12. The Kier molecular flexibility index (Phi) is 7.65. The molecule has 0 fully saturated rings. The van der Waals surface area contributed by atoms with E-state index in [2.05, 4.69) is 10.3 Å². The molecule has 0 aliphatic rings. The molecule has 20 heavy (non-hydrogen) atoms. The summed E-state index contributed by atoms with van der Waals surface area (Å²) >= 11 is 0. The predicted molar refractivity (Wildman–Crippen MR) is 81.1 cm³/mol. The molecule has 0 saturated carbocycles. The highest BCUT2D eigenvalue weighted by atomic mass is 35.5. The molecule has 2 N–H and O–H groups in total. The molecule has 0 aliphatic heterocycles. The van der Waals surface area contributed by atoms with E-state index in [4.69, 9.17) is 9.84 Å². The lowest BCUT2D eigenvalue weighted by atomic mass is 10.2. The van der Waals surface area contributed by atoms with Gasteiger partial charge >= 0.3 is 0 Å². The third-order valence-electron chi connectivity index (χ3n) is 2.69. The molecule has 2 rings (SSSR count). The molecular formula is C15H19ClN2O2. The molecule has 0 atom stereocenters. The molecule has 0 saturated heterocycles. The second kappa shape index (κ2) is 9.31. The minimum Gasteiger partial charge on any atom is -0.491 e. The second-order valence-electron chi connectivity index (χ2n) is 4.18. The smallest absolute Gasteiger partial charge is 0.119 e. The Bertz CT molecular complexity index is 477. The highest BCUT2D eigenvalue weighted by molar-refractivity contribution is 5.85. The molecule has 1 aromatic carbocycles. The molecule has 2 aromatic rings. The van der Waals surface area contributed by atoms with Crippen LogP contribution in [0.1, 0.15) is 11.1 Å². The number of hydrogen-bond acceptors (Lipinski definition) is 4. The topological polar surface area (TPSA) is 54.4 Å². The first-order chi connectivity index (χ1) is 9.38. The van der Waals surface area contributed by atoms with Gasteiger partial charge in [0.25, 0.3) is 0 Å². The molecule has 0 radical (unpaired) electrons. The number of halogens is 1. The quantitative estimate of drug-likeness (QED) is 0.822. The molecule has 0 spiro atoms. The van der Waals surface area contributed by atoms with Crippen LogP contribution in [0.5, 0.6) is 5.75 Å². The fourth-order valence-electron chi connectivity index (χ4n) is 1.72. The maximum absolute atomic E-state index is 8.67. The molecule has 5 heteroatoms. The van der Waals surface area contributed by atoms with Gasteiger partial charge in [-0.15, -0.1) is 12.4 Å². The SMILES string of the molecule is Cl.OCCOc1ccc(CNCc2ccncc2)cc1. The molecule has 1 aromatic heterocycles. The van der Waals surface area contributed by atoms with E-state index >= 15 is 0 Å². The highest BCUT2D eigenvalue weighted by Gasteiger charge is 1.96. The normalized spacial score (nSPS) is 9.85. The van der Waals surface area contributed by atoms with Gasteiger partial charge in [-0.05, 0) is 35.4 Å². The van der Waals surface area contributed by atoms with Crippen LogP contribution in [0.15, 0.2) is 48.8 Å². The summed E-state index contributed by atoms with van der Waals surface area (Å²) < 4.78 is 5.31. The molecule has 0 amide bonds. The lowest BCUT2D eigenvalue weighted by Crippen LogP contribution is -2.12. The Morgan fingerprint density at radius 2 is 1.55 bits per heavy atom. The number of aliphatic hydroxyl groups excluding tert-OH is 1. The van der Waals surface area contributed by atoms with Crippen molar-refractivity contribution in [1.82, 2.24) is 10.3 Å². The monoisotopic (exact) mass is 294 g/mol. The van der Waals surface area contributed by atoms with Gasteiger partial charge in [-0.3, -0.25) is 4.98 Å². The summed E-state index contributed by atoms with van der Waals surface area (Å²) in [7, 11) is 0. The number of nitrogens with one attached hydrogen (secondary N) is 1. The van der Waals surface area contributed by atoms with Crippen LogP contribution in [0.2, 0.25) is 0 Å². The van der Waals surface area contributed by atoms with Crippen LogP contribution >= 0.6 is 12.4 Å². The third kappa shape index (κ3) is 5.57. The van der Waals surface area contributed by atoms with Crippen molar-refractivity contribution in [2.75, 3.05) is 13.2 Å². The van der Waals surface area contributed by atoms with E-state index in [9.17, 15) is 0 Å². The summed E-state index contributed by atoms with van der Waals surface area (Å²) in [6.07, 6.45) is 3.59. The Balaban J connectivity index is 0.00000200. The van der Waals surface area contributed by atoms with Gasteiger partial charge in [0.05, 0.1) is 6.61 Å². The van der Waals surface area contributed by atoms with Crippen molar-refractivity contribution in [2.45, 2.75) is 13.1 Å². The largest absolute Gasteiger partial charge is 0.491 e. The average Bonchev–Trinajstić information content (AvgIpc) is 2.47. The third-order valence-corrected chi connectivity index (χ3v) is 2.69. The summed E-state index contributed by atoms with van der Waals surface area (Å²) in [5.41, 5.74) is 2.42. The van der Waals surface area contributed by atoms with Crippen molar-refractivity contribution in [1.29, 1.82) is 0 Å². The van der Waals surface area contributed by atoms with Crippen molar-refractivity contribution in [2.24, 2.45) is 0 Å². The number of aromatic nitrogens is 1. The number of rotatable bonds is 7. The Hall–Kier alpha value is -1.62. The van der Waals surface area contributed by atoms with Gasteiger partial charge < -0.3 is 15.2 Å². The minimum absolute atomic E-state index is 0.